The maximum Gasteiger partial charge on any atom is 0.341 e. The van der Waals surface area contributed by atoms with Crippen LogP contribution in [0.3, 0.4) is 0 Å². The average Bonchev–Trinajstić information content (AvgIpc) is 2.96. The van der Waals surface area contributed by atoms with Crippen molar-refractivity contribution in [3.8, 4) is 11.5 Å². The van der Waals surface area contributed by atoms with Crippen LogP contribution >= 0.6 is 0 Å². The lowest BCUT2D eigenvalue weighted by molar-refractivity contribution is -0.216. The molecule has 1 aromatic carbocycles. The van der Waals surface area contributed by atoms with Gasteiger partial charge in [0.1, 0.15) is 23.2 Å². The van der Waals surface area contributed by atoms with Crippen LogP contribution in [-0.4, -0.2) is 102 Å². The molecule has 0 radical (unpaired) electrons. The summed E-state index contributed by atoms with van der Waals surface area (Å²) in [5.74, 6) is -2.31. The highest BCUT2D eigenvalue weighted by atomic mass is 16.6. The minimum absolute atomic E-state index is 0.0265. The molecule has 12 nitrogen and oxygen atoms in total. The van der Waals surface area contributed by atoms with Gasteiger partial charge in [-0.1, -0.05) is 26.3 Å². The molecule has 0 aromatic heterocycles. The normalized spacial score (nSPS) is 23.2. The summed E-state index contributed by atoms with van der Waals surface area (Å²) in [6.07, 6.45) is -5.23. The van der Waals surface area contributed by atoms with Crippen LogP contribution in [0.25, 0.3) is 0 Å². The van der Waals surface area contributed by atoms with E-state index < -0.39 is 60.1 Å². The van der Waals surface area contributed by atoms with E-state index in [0.717, 1.165) is 11.6 Å². The summed E-state index contributed by atoms with van der Waals surface area (Å²) in [6.45, 7) is 12.7. The number of aliphatic hydroxyl groups is 3. The molecule has 250 valence electrons. The maximum absolute atomic E-state index is 12.9. The van der Waals surface area contributed by atoms with Crippen LogP contribution in [0.1, 0.15) is 74.9 Å². The van der Waals surface area contributed by atoms with Gasteiger partial charge in [-0.3, -0.25) is 4.79 Å². The summed E-state index contributed by atoms with van der Waals surface area (Å²) >= 11 is 0. The first-order valence-corrected chi connectivity index (χ1v) is 14.8. The van der Waals surface area contributed by atoms with Crippen molar-refractivity contribution in [2.75, 3.05) is 21.3 Å². The van der Waals surface area contributed by atoms with Crippen molar-refractivity contribution in [3.63, 3.8) is 0 Å². The van der Waals surface area contributed by atoms with Gasteiger partial charge in [0, 0.05) is 38.5 Å². The van der Waals surface area contributed by atoms with Crippen LogP contribution in [0.4, 0.5) is 0 Å². The van der Waals surface area contributed by atoms with Crippen LogP contribution in [0.5, 0.6) is 11.5 Å². The number of methoxy groups -OCH3 is 3. The van der Waals surface area contributed by atoms with E-state index in [2.05, 4.69) is 11.9 Å². The molecule has 1 aliphatic rings. The Morgan fingerprint density at radius 3 is 2.34 bits per heavy atom. The fourth-order valence-corrected chi connectivity index (χ4v) is 5.56. The van der Waals surface area contributed by atoms with Gasteiger partial charge in [-0.25, -0.2) is 4.79 Å². The Balaban J connectivity index is 2.16. The molecular weight excluding hydrogens is 574 g/mol. The lowest BCUT2D eigenvalue weighted by atomic mass is 9.73. The number of aromatic hydroxyl groups is 2. The number of hydrogen-bond acceptors (Lipinski definition) is 11. The molecule has 12 heteroatoms. The Labute approximate surface area is 260 Å². The van der Waals surface area contributed by atoms with Crippen molar-refractivity contribution < 1.29 is 54.1 Å². The number of benzene rings is 1. The summed E-state index contributed by atoms with van der Waals surface area (Å²) in [4.78, 5) is 25.2. The highest BCUT2D eigenvalue weighted by molar-refractivity contribution is 5.95. The van der Waals surface area contributed by atoms with Crippen molar-refractivity contribution in [3.05, 3.63) is 34.9 Å². The van der Waals surface area contributed by atoms with Gasteiger partial charge in [-0.05, 0) is 50.2 Å². The Morgan fingerprint density at radius 1 is 1.16 bits per heavy atom. The number of carbonyl (C=O) groups excluding carboxylic acids is 2. The van der Waals surface area contributed by atoms with Crippen molar-refractivity contribution in [2.45, 2.75) is 110 Å². The van der Waals surface area contributed by atoms with E-state index in [9.17, 15) is 35.1 Å². The first-order chi connectivity index (χ1) is 20.5. The molecule has 44 heavy (non-hydrogen) atoms. The standard InChI is InChI=1S/C32H51NO11/c1-16(2)12-23(41-7)28(38)29(39)33-30(42-8)24-15-25(37)32(5,6)26(44-24)14-20(34)17(3)10-11-19-18(4)21(35)13-22(36)27(19)31(40)43-9/h13,17,20,23-26,28,30,34-38H,1,10-12,14-15H2,2-9H3,(H,33,39)/t17-,20-,23?,24-,25?,26?,28?,30+/m0/s1. The smallest absolute Gasteiger partial charge is 0.341 e. The monoisotopic (exact) mass is 625 g/mol. The second kappa shape index (κ2) is 16.0. The SMILES string of the molecule is C=C(C)CC(OC)C(O)C(=O)N[C@H](OC)[C@@H]1CC(O)C(C)(C)C(C[C@H](O)[C@@H](C)CCc2c(C)c(O)cc(O)c2C(=O)OC)O1. The number of phenols is 2. The van der Waals surface area contributed by atoms with Gasteiger partial charge in [0.2, 0.25) is 0 Å². The number of aliphatic hydroxyl groups excluding tert-OH is 3. The first kappa shape index (κ1) is 37.4. The number of rotatable bonds is 15. The summed E-state index contributed by atoms with van der Waals surface area (Å²) in [5.41, 5.74) is 0.816. The Hall–Kier alpha value is -2.74. The molecule has 8 atom stereocenters. The molecule has 1 amide bonds. The predicted octanol–water partition coefficient (Wildman–Crippen LogP) is 2.49. The fraction of sp³-hybridized carbons (Fsp3) is 0.688. The number of hydrogen-bond donors (Lipinski definition) is 6. The van der Waals surface area contributed by atoms with E-state index in [0.29, 0.717) is 17.5 Å². The topological polar surface area (TPSA) is 184 Å². The number of carbonyl (C=O) groups is 2. The number of ether oxygens (including phenoxy) is 4. The van der Waals surface area contributed by atoms with E-state index in [1.54, 1.807) is 13.8 Å². The van der Waals surface area contributed by atoms with E-state index in [1.165, 1.54) is 21.3 Å². The Kier molecular flexibility index (Phi) is 13.6. The summed E-state index contributed by atoms with van der Waals surface area (Å²) < 4.78 is 21.9. The predicted molar refractivity (Wildman–Crippen MR) is 162 cm³/mol. The van der Waals surface area contributed by atoms with Gasteiger partial charge in [-0.2, -0.15) is 0 Å². The quantitative estimate of drug-likeness (QED) is 0.0956. The fourth-order valence-electron chi connectivity index (χ4n) is 5.56. The van der Waals surface area contributed by atoms with E-state index >= 15 is 0 Å². The highest BCUT2D eigenvalue weighted by Crippen LogP contribution is 2.41. The first-order valence-electron chi connectivity index (χ1n) is 14.8. The third-order valence-electron chi connectivity index (χ3n) is 8.85. The lowest BCUT2D eigenvalue weighted by Gasteiger charge is -2.48. The van der Waals surface area contributed by atoms with Gasteiger partial charge in [0.05, 0.1) is 31.5 Å². The molecule has 1 aliphatic heterocycles. The molecule has 1 fully saturated rings. The minimum atomic E-state index is -1.49. The molecule has 0 bridgehead atoms. The van der Waals surface area contributed by atoms with Gasteiger partial charge in [-0.15, -0.1) is 6.58 Å². The lowest BCUT2D eigenvalue weighted by Crippen LogP contribution is -2.59. The van der Waals surface area contributed by atoms with Crippen molar-refractivity contribution in [2.24, 2.45) is 11.3 Å². The molecule has 0 saturated carbocycles. The second-order valence-corrected chi connectivity index (χ2v) is 12.5. The summed E-state index contributed by atoms with van der Waals surface area (Å²) in [6, 6.07) is 1.10. The van der Waals surface area contributed by atoms with Crippen LogP contribution in [0, 0.1) is 18.3 Å². The van der Waals surface area contributed by atoms with Gasteiger partial charge in [0.15, 0.2) is 12.3 Å². The van der Waals surface area contributed by atoms with Gasteiger partial charge in [0.25, 0.3) is 5.91 Å². The molecule has 2 rings (SSSR count). The van der Waals surface area contributed by atoms with Crippen LogP contribution in [0.2, 0.25) is 0 Å². The average molecular weight is 626 g/mol. The molecule has 4 unspecified atom stereocenters. The maximum atomic E-state index is 12.9. The van der Waals surface area contributed by atoms with E-state index in [-0.39, 0.29) is 48.7 Å². The van der Waals surface area contributed by atoms with Gasteiger partial charge < -0.3 is 49.8 Å². The molecule has 0 aliphatic carbocycles. The third-order valence-corrected chi connectivity index (χ3v) is 8.85. The number of phenolic OH excluding ortho intramolecular Hbond substituents is 2. The van der Waals surface area contributed by atoms with E-state index in [1.807, 2.05) is 20.8 Å². The molecule has 1 aromatic rings. The Bertz CT molecular complexity index is 1150. The van der Waals surface area contributed by atoms with Gasteiger partial charge >= 0.3 is 5.97 Å². The molecule has 0 spiro atoms. The largest absolute Gasteiger partial charge is 0.508 e. The number of esters is 1. The number of nitrogens with one attached hydrogen (secondary N) is 1. The summed E-state index contributed by atoms with van der Waals surface area (Å²) in [7, 11) is 3.98. The molecule has 1 saturated heterocycles. The summed E-state index contributed by atoms with van der Waals surface area (Å²) in [5, 5.41) is 56.0. The zero-order valence-electron chi connectivity index (χ0n) is 27.1. The van der Waals surface area contributed by atoms with Crippen LogP contribution in [-0.2, 0) is 30.2 Å². The van der Waals surface area contributed by atoms with Crippen molar-refractivity contribution >= 4 is 11.9 Å². The second-order valence-electron chi connectivity index (χ2n) is 12.5. The van der Waals surface area contributed by atoms with Crippen LogP contribution in [0.15, 0.2) is 18.2 Å². The number of amides is 1. The molecule has 6 N–H and O–H groups in total. The zero-order chi connectivity index (χ0) is 33.5. The third kappa shape index (κ3) is 8.92. The van der Waals surface area contributed by atoms with Crippen LogP contribution < -0.4 is 5.32 Å². The van der Waals surface area contributed by atoms with Crippen molar-refractivity contribution in [1.29, 1.82) is 0 Å². The molecule has 1 heterocycles. The zero-order valence-corrected chi connectivity index (χ0v) is 27.1. The Morgan fingerprint density at radius 2 is 1.80 bits per heavy atom. The van der Waals surface area contributed by atoms with Crippen molar-refractivity contribution in [1.82, 2.24) is 5.32 Å². The highest BCUT2D eigenvalue weighted by Gasteiger charge is 2.47. The van der Waals surface area contributed by atoms with E-state index in [4.69, 9.17) is 18.9 Å². The molecular formula is C32H51NO11. The minimum Gasteiger partial charge on any atom is -0.508 e.